The number of aliphatic hydroxyl groups excluding tert-OH is 1. The van der Waals surface area contributed by atoms with E-state index in [1.807, 2.05) is 26.0 Å². The summed E-state index contributed by atoms with van der Waals surface area (Å²) in [5, 5.41) is 9.63. The summed E-state index contributed by atoms with van der Waals surface area (Å²) in [6, 6.07) is 3.88. The average Bonchev–Trinajstić information content (AvgIpc) is 2.20. The smallest absolute Gasteiger partial charge is 0.126 e. The molecule has 3 heteroatoms. The Kier molecular flexibility index (Phi) is 4.56. The van der Waals surface area contributed by atoms with Crippen LogP contribution in [0.2, 0.25) is 0 Å². The maximum Gasteiger partial charge on any atom is 0.126 e. The fraction of sp³-hybridized carbons (Fsp3) is 0.583. The van der Waals surface area contributed by atoms with E-state index in [-0.39, 0.29) is 6.10 Å². The van der Waals surface area contributed by atoms with Gasteiger partial charge in [0.1, 0.15) is 5.82 Å². The predicted molar refractivity (Wildman–Crippen MR) is 62.4 cm³/mol. The van der Waals surface area contributed by atoms with E-state index in [4.69, 9.17) is 5.73 Å². The van der Waals surface area contributed by atoms with E-state index < -0.39 is 0 Å². The Labute approximate surface area is 91.3 Å². The Hall–Kier alpha value is -1.09. The number of anilines is 1. The summed E-state index contributed by atoms with van der Waals surface area (Å²) in [4.78, 5) is 4.03. The third kappa shape index (κ3) is 3.88. The number of aryl methyl sites for hydroxylation is 1. The predicted octanol–water partition coefficient (Wildman–Crippen LogP) is 2.00. The summed E-state index contributed by atoms with van der Waals surface area (Å²) >= 11 is 0. The van der Waals surface area contributed by atoms with E-state index in [0.29, 0.717) is 11.7 Å². The Bertz CT molecular complexity index is 299. The zero-order chi connectivity index (χ0) is 11.3. The van der Waals surface area contributed by atoms with E-state index >= 15 is 0 Å². The van der Waals surface area contributed by atoms with Crippen molar-refractivity contribution in [1.82, 2.24) is 4.98 Å². The SMILES string of the molecule is CC(C)C(O)CCCc1cccnc1N. The van der Waals surface area contributed by atoms with Gasteiger partial charge in [0.2, 0.25) is 0 Å². The van der Waals surface area contributed by atoms with Crippen LogP contribution in [0.15, 0.2) is 18.3 Å². The Morgan fingerprint density at radius 1 is 1.47 bits per heavy atom. The van der Waals surface area contributed by atoms with Gasteiger partial charge in [-0.05, 0) is 36.8 Å². The highest BCUT2D eigenvalue weighted by atomic mass is 16.3. The van der Waals surface area contributed by atoms with Crippen molar-refractivity contribution in [1.29, 1.82) is 0 Å². The summed E-state index contributed by atoms with van der Waals surface area (Å²) in [6.07, 6.45) is 4.16. The number of hydrogen-bond acceptors (Lipinski definition) is 3. The van der Waals surface area contributed by atoms with Crippen molar-refractivity contribution in [3.8, 4) is 0 Å². The number of aliphatic hydroxyl groups is 1. The number of nitrogen functional groups attached to an aromatic ring is 1. The lowest BCUT2D eigenvalue weighted by Gasteiger charge is -2.13. The molecule has 1 atom stereocenters. The van der Waals surface area contributed by atoms with E-state index in [9.17, 15) is 5.11 Å². The number of aromatic nitrogens is 1. The molecule has 0 saturated heterocycles. The molecule has 0 saturated carbocycles. The molecule has 0 fully saturated rings. The van der Waals surface area contributed by atoms with Crippen LogP contribution in [0.3, 0.4) is 0 Å². The van der Waals surface area contributed by atoms with Gasteiger partial charge in [-0.3, -0.25) is 0 Å². The third-order valence-corrected chi connectivity index (χ3v) is 2.64. The zero-order valence-corrected chi connectivity index (χ0v) is 9.48. The van der Waals surface area contributed by atoms with Gasteiger partial charge in [-0.15, -0.1) is 0 Å². The number of rotatable bonds is 5. The molecule has 0 bridgehead atoms. The molecule has 3 nitrogen and oxygen atoms in total. The lowest BCUT2D eigenvalue weighted by atomic mass is 10.00. The molecule has 0 aliphatic carbocycles. The first kappa shape index (κ1) is 12.0. The second-order valence-corrected chi connectivity index (χ2v) is 4.25. The molecule has 1 aromatic rings. The minimum absolute atomic E-state index is 0.206. The van der Waals surface area contributed by atoms with Crippen molar-refractivity contribution >= 4 is 5.82 Å². The molecule has 1 unspecified atom stereocenters. The van der Waals surface area contributed by atoms with Crippen LogP contribution in [-0.2, 0) is 6.42 Å². The van der Waals surface area contributed by atoms with Crippen LogP contribution in [-0.4, -0.2) is 16.2 Å². The molecular weight excluding hydrogens is 188 g/mol. The molecule has 1 aromatic heterocycles. The highest BCUT2D eigenvalue weighted by Crippen LogP contribution is 2.14. The van der Waals surface area contributed by atoms with E-state index in [1.165, 1.54) is 0 Å². The lowest BCUT2D eigenvalue weighted by molar-refractivity contribution is 0.114. The number of nitrogens with two attached hydrogens (primary N) is 1. The second-order valence-electron chi connectivity index (χ2n) is 4.25. The van der Waals surface area contributed by atoms with Crippen molar-refractivity contribution < 1.29 is 5.11 Å². The standard InChI is InChI=1S/C12H20N2O/c1-9(2)11(15)7-3-5-10-6-4-8-14-12(10)13/h4,6,8-9,11,15H,3,5,7H2,1-2H3,(H2,13,14). The summed E-state index contributed by atoms with van der Waals surface area (Å²) in [5.41, 5.74) is 6.80. The molecule has 1 rings (SSSR count). The molecule has 15 heavy (non-hydrogen) atoms. The maximum atomic E-state index is 9.63. The van der Waals surface area contributed by atoms with Crippen LogP contribution >= 0.6 is 0 Å². The van der Waals surface area contributed by atoms with Gasteiger partial charge in [0, 0.05) is 6.20 Å². The number of hydrogen-bond donors (Lipinski definition) is 2. The van der Waals surface area contributed by atoms with Crippen LogP contribution in [0.1, 0.15) is 32.3 Å². The van der Waals surface area contributed by atoms with Gasteiger partial charge >= 0.3 is 0 Å². The molecule has 0 aliphatic rings. The molecule has 84 valence electrons. The first-order valence-corrected chi connectivity index (χ1v) is 5.48. The van der Waals surface area contributed by atoms with Gasteiger partial charge in [-0.2, -0.15) is 0 Å². The Morgan fingerprint density at radius 3 is 2.80 bits per heavy atom. The third-order valence-electron chi connectivity index (χ3n) is 2.64. The summed E-state index contributed by atoms with van der Waals surface area (Å²) in [6.45, 7) is 4.06. The van der Waals surface area contributed by atoms with Gasteiger partial charge in [0.15, 0.2) is 0 Å². The fourth-order valence-electron chi connectivity index (χ4n) is 1.50. The van der Waals surface area contributed by atoms with Gasteiger partial charge in [0.25, 0.3) is 0 Å². The van der Waals surface area contributed by atoms with Crippen molar-refractivity contribution in [3.63, 3.8) is 0 Å². The average molecular weight is 208 g/mol. The van der Waals surface area contributed by atoms with Gasteiger partial charge in [-0.25, -0.2) is 4.98 Å². The van der Waals surface area contributed by atoms with Crippen LogP contribution in [0.5, 0.6) is 0 Å². The Balaban J connectivity index is 2.35. The van der Waals surface area contributed by atoms with E-state index in [0.717, 1.165) is 24.8 Å². The molecule has 0 amide bonds. The number of pyridine rings is 1. The van der Waals surface area contributed by atoms with Crippen molar-refractivity contribution in [3.05, 3.63) is 23.9 Å². The van der Waals surface area contributed by atoms with Crippen molar-refractivity contribution in [2.24, 2.45) is 5.92 Å². The monoisotopic (exact) mass is 208 g/mol. The van der Waals surface area contributed by atoms with E-state index in [1.54, 1.807) is 6.20 Å². The zero-order valence-electron chi connectivity index (χ0n) is 9.48. The fourth-order valence-corrected chi connectivity index (χ4v) is 1.50. The second kappa shape index (κ2) is 5.71. The van der Waals surface area contributed by atoms with Crippen molar-refractivity contribution in [2.75, 3.05) is 5.73 Å². The molecule has 1 heterocycles. The maximum absolute atomic E-state index is 9.63. The molecule has 3 N–H and O–H groups in total. The normalized spacial score (nSPS) is 13.1. The quantitative estimate of drug-likeness (QED) is 0.778. The number of nitrogens with zero attached hydrogens (tertiary/aromatic N) is 1. The first-order valence-electron chi connectivity index (χ1n) is 5.48. The largest absolute Gasteiger partial charge is 0.393 e. The summed E-state index contributed by atoms with van der Waals surface area (Å²) in [7, 11) is 0. The molecule has 0 radical (unpaired) electrons. The minimum atomic E-state index is -0.206. The van der Waals surface area contributed by atoms with Crippen LogP contribution < -0.4 is 5.73 Å². The van der Waals surface area contributed by atoms with Crippen molar-refractivity contribution in [2.45, 2.75) is 39.2 Å². The van der Waals surface area contributed by atoms with Crippen LogP contribution in [0.25, 0.3) is 0 Å². The van der Waals surface area contributed by atoms with Gasteiger partial charge in [0.05, 0.1) is 6.10 Å². The summed E-state index contributed by atoms with van der Waals surface area (Å²) < 4.78 is 0. The minimum Gasteiger partial charge on any atom is -0.393 e. The topological polar surface area (TPSA) is 59.1 Å². The lowest BCUT2D eigenvalue weighted by Crippen LogP contribution is -2.14. The molecule has 0 spiro atoms. The highest BCUT2D eigenvalue weighted by Gasteiger charge is 2.08. The molecule has 0 aliphatic heterocycles. The Morgan fingerprint density at radius 2 is 2.20 bits per heavy atom. The van der Waals surface area contributed by atoms with Crippen LogP contribution in [0, 0.1) is 5.92 Å². The molecular formula is C12H20N2O. The molecule has 0 aromatic carbocycles. The highest BCUT2D eigenvalue weighted by molar-refractivity contribution is 5.38. The van der Waals surface area contributed by atoms with Gasteiger partial charge in [-0.1, -0.05) is 19.9 Å². The summed E-state index contributed by atoms with van der Waals surface area (Å²) in [5.74, 6) is 0.938. The van der Waals surface area contributed by atoms with Crippen LogP contribution in [0.4, 0.5) is 5.82 Å². The van der Waals surface area contributed by atoms with Gasteiger partial charge < -0.3 is 10.8 Å². The first-order chi connectivity index (χ1) is 7.11. The van der Waals surface area contributed by atoms with E-state index in [2.05, 4.69) is 4.98 Å².